The van der Waals surface area contributed by atoms with Crippen molar-refractivity contribution in [3.63, 3.8) is 0 Å². The number of hydrogen-bond donors (Lipinski definition) is 1. The van der Waals surface area contributed by atoms with Crippen LogP contribution in [0.25, 0.3) is 0 Å². The van der Waals surface area contributed by atoms with Crippen LogP contribution in [-0.4, -0.2) is 6.04 Å². The highest BCUT2D eigenvalue weighted by molar-refractivity contribution is 5.51. The van der Waals surface area contributed by atoms with Crippen LogP contribution in [0.5, 0.6) is 0 Å². The lowest BCUT2D eigenvalue weighted by atomic mass is 9.57. The number of benzene rings is 1. The number of rotatable bonds is 2. The number of nitrogens with one attached hydrogen (secondary N) is 1. The summed E-state index contributed by atoms with van der Waals surface area (Å²) in [5.74, 6) is 0. The van der Waals surface area contributed by atoms with Crippen molar-refractivity contribution in [2.75, 3.05) is 5.32 Å². The average molecular weight is 229 g/mol. The van der Waals surface area contributed by atoms with Gasteiger partial charge in [0, 0.05) is 11.7 Å². The molecular weight excluding hydrogens is 206 g/mol. The van der Waals surface area contributed by atoms with E-state index < -0.39 is 0 Å². The minimum atomic E-state index is 0.653. The van der Waals surface area contributed by atoms with Crippen LogP contribution in [0.2, 0.25) is 0 Å². The highest BCUT2D eigenvalue weighted by Gasteiger charge is 2.46. The van der Waals surface area contributed by atoms with Gasteiger partial charge in [0.25, 0.3) is 0 Å². The van der Waals surface area contributed by atoms with E-state index in [1.54, 1.807) is 0 Å². The molecular formula is C16H23N. The fraction of sp³-hybridized carbons (Fsp3) is 0.625. The summed E-state index contributed by atoms with van der Waals surface area (Å²) in [5, 5.41) is 3.81. The van der Waals surface area contributed by atoms with Crippen LogP contribution in [-0.2, 0) is 0 Å². The van der Waals surface area contributed by atoms with Gasteiger partial charge < -0.3 is 5.32 Å². The molecule has 0 saturated heterocycles. The monoisotopic (exact) mass is 229 g/mol. The van der Waals surface area contributed by atoms with Gasteiger partial charge in [-0.2, -0.15) is 0 Å². The molecule has 2 aliphatic rings. The van der Waals surface area contributed by atoms with Gasteiger partial charge in [-0.25, -0.2) is 0 Å². The lowest BCUT2D eigenvalue weighted by Crippen LogP contribution is -2.50. The SMILES string of the molecule is Cc1ccccc1NC1CCC12CCCCC2. The minimum absolute atomic E-state index is 0.653. The summed E-state index contributed by atoms with van der Waals surface area (Å²) < 4.78 is 0. The molecule has 0 aliphatic heterocycles. The molecule has 2 aliphatic carbocycles. The molecule has 1 heteroatoms. The van der Waals surface area contributed by atoms with Crippen LogP contribution >= 0.6 is 0 Å². The van der Waals surface area contributed by atoms with Gasteiger partial charge in [0.05, 0.1) is 0 Å². The molecule has 2 fully saturated rings. The second-order valence-electron chi connectivity index (χ2n) is 5.97. The first-order valence-corrected chi connectivity index (χ1v) is 7.12. The molecule has 1 spiro atoms. The minimum Gasteiger partial charge on any atom is -0.382 e. The normalized spacial score (nSPS) is 26.5. The van der Waals surface area contributed by atoms with Crippen LogP contribution in [0.4, 0.5) is 5.69 Å². The summed E-state index contributed by atoms with van der Waals surface area (Å²) >= 11 is 0. The van der Waals surface area contributed by atoms with Crippen molar-refractivity contribution in [1.82, 2.24) is 0 Å². The fourth-order valence-corrected chi connectivity index (χ4v) is 3.70. The van der Waals surface area contributed by atoms with Gasteiger partial charge in [-0.05, 0) is 49.7 Å². The fourth-order valence-electron chi connectivity index (χ4n) is 3.70. The molecule has 17 heavy (non-hydrogen) atoms. The van der Waals surface area contributed by atoms with Crippen LogP contribution < -0.4 is 5.32 Å². The quantitative estimate of drug-likeness (QED) is 0.786. The Kier molecular flexibility index (Phi) is 2.85. The first-order valence-electron chi connectivity index (χ1n) is 7.12. The van der Waals surface area contributed by atoms with E-state index in [0.29, 0.717) is 5.41 Å². The Morgan fingerprint density at radius 3 is 2.47 bits per heavy atom. The lowest BCUT2D eigenvalue weighted by Gasteiger charge is -2.53. The van der Waals surface area contributed by atoms with E-state index in [9.17, 15) is 0 Å². The third-order valence-corrected chi connectivity index (χ3v) is 4.99. The van der Waals surface area contributed by atoms with Crippen molar-refractivity contribution in [2.24, 2.45) is 5.41 Å². The zero-order valence-corrected chi connectivity index (χ0v) is 10.8. The van der Waals surface area contributed by atoms with Gasteiger partial charge in [-0.1, -0.05) is 37.5 Å². The maximum atomic E-state index is 3.81. The molecule has 0 aromatic heterocycles. The molecule has 0 amide bonds. The summed E-state index contributed by atoms with van der Waals surface area (Å²) in [4.78, 5) is 0. The van der Waals surface area contributed by atoms with E-state index in [2.05, 4.69) is 36.5 Å². The van der Waals surface area contributed by atoms with Crippen LogP contribution in [0.3, 0.4) is 0 Å². The van der Waals surface area contributed by atoms with E-state index >= 15 is 0 Å². The Hall–Kier alpha value is -0.980. The van der Waals surface area contributed by atoms with E-state index in [1.165, 1.54) is 56.2 Å². The number of hydrogen-bond acceptors (Lipinski definition) is 1. The molecule has 0 radical (unpaired) electrons. The lowest BCUT2D eigenvalue weighted by molar-refractivity contribution is 0.0571. The van der Waals surface area contributed by atoms with Gasteiger partial charge in [0.15, 0.2) is 0 Å². The molecule has 2 saturated carbocycles. The third-order valence-electron chi connectivity index (χ3n) is 4.99. The number of para-hydroxylation sites is 1. The Balaban J connectivity index is 1.72. The van der Waals surface area contributed by atoms with Crippen LogP contribution in [0, 0.1) is 12.3 Å². The largest absolute Gasteiger partial charge is 0.382 e. The van der Waals surface area contributed by atoms with Crippen molar-refractivity contribution >= 4 is 5.69 Å². The summed E-state index contributed by atoms with van der Waals surface area (Å²) in [6.07, 6.45) is 10.1. The molecule has 0 heterocycles. The van der Waals surface area contributed by atoms with E-state index in [1.807, 2.05) is 0 Å². The summed E-state index contributed by atoms with van der Waals surface area (Å²) in [7, 11) is 0. The van der Waals surface area contributed by atoms with Crippen molar-refractivity contribution < 1.29 is 0 Å². The Morgan fingerprint density at radius 1 is 1.06 bits per heavy atom. The smallest absolute Gasteiger partial charge is 0.0372 e. The predicted molar refractivity (Wildman–Crippen MR) is 73.3 cm³/mol. The Morgan fingerprint density at radius 2 is 1.82 bits per heavy atom. The maximum absolute atomic E-state index is 3.81. The second kappa shape index (κ2) is 4.36. The number of aryl methyl sites for hydroxylation is 1. The Labute approximate surface area is 105 Å². The van der Waals surface area contributed by atoms with Gasteiger partial charge in [0.1, 0.15) is 0 Å². The maximum Gasteiger partial charge on any atom is 0.0372 e. The molecule has 92 valence electrons. The first kappa shape index (κ1) is 11.1. The van der Waals surface area contributed by atoms with Gasteiger partial charge in [-0.15, -0.1) is 0 Å². The van der Waals surface area contributed by atoms with Crippen molar-refractivity contribution in [3.8, 4) is 0 Å². The van der Waals surface area contributed by atoms with Gasteiger partial charge >= 0.3 is 0 Å². The highest BCUT2D eigenvalue weighted by Crippen LogP contribution is 2.52. The average Bonchev–Trinajstić information content (AvgIpc) is 2.37. The molecule has 3 rings (SSSR count). The first-order chi connectivity index (χ1) is 8.30. The summed E-state index contributed by atoms with van der Waals surface area (Å²) in [5.41, 5.74) is 3.38. The molecule has 1 unspecified atom stereocenters. The van der Waals surface area contributed by atoms with Crippen LogP contribution in [0.1, 0.15) is 50.5 Å². The molecule has 1 aromatic carbocycles. The van der Waals surface area contributed by atoms with Crippen molar-refractivity contribution in [2.45, 2.75) is 57.9 Å². The molecule has 0 bridgehead atoms. The molecule has 1 nitrogen and oxygen atoms in total. The van der Waals surface area contributed by atoms with E-state index in [0.717, 1.165) is 6.04 Å². The predicted octanol–water partition coefficient (Wildman–Crippen LogP) is 4.52. The van der Waals surface area contributed by atoms with Crippen molar-refractivity contribution in [1.29, 1.82) is 0 Å². The number of anilines is 1. The molecule has 1 N–H and O–H groups in total. The summed E-state index contributed by atoms with van der Waals surface area (Å²) in [6, 6.07) is 9.43. The van der Waals surface area contributed by atoms with E-state index in [4.69, 9.17) is 0 Å². The third kappa shape index (κ3) is 1.96. The zero-order valence-electron chi connectivity index (χ0n) is 10.8. The zero-order chi connectivity index (χ0) is 11.7. The van der Waals surface area contributed by atoms with Gasteiger partial charge in [-0.3, -0.25) is 0 Å². The highest BCUT2D eigenvalue weighted by atomic mass is 15.0. The van der Waals surface area contributed by atoms with Crippen molar-refractivity contribution in [3.05, 3.63) is 29.8 Å². The van der Waals surface area contributed by atoms with Gasteiger partial charge in [0.2, 0.25) is 0 Å². The second-order valence-corrected chi connectivity index (χ2v) is 5.97. The standard InChI is InChI=1S/C16H23N/c1-13-7-3-4-8-14(13)17-15-9-12-16(15)10-5-2-6-11-16/h3-4,7-8,15,17H,2,5-6,9-12H2,1H3. The topological polar surface area (TPSA) is 12.0 Å². The summed E-state index contributed by atoms with van der Waals surface area (Å²) in [6.45, 7) is 2.20. The molecule has 1 aromatic rings. The van der Waals surface area contributed by atoms with Crippen LogP contribution in [0.15, 0.2) is 24.3 Å². The molecule has 1 atom stereocenters. The van der Waals surface area contributed by atoms with E-state index in [-0.39, 0.29) is 0 Å². The Bertz CT molecular complexity index is 390.